The molecule has 1 aromatic heterocycles. The van der Waals surface area contributed by atoms with E-state index < -0.39 is 0 Å². The number of carbonyl (C=O) groups excluding carboxylic acids is 1. The summed E-state index contributed by atoms with van der Waals surface area (Å²) in [5, 5.41) is 1.84. The van der Waals surface area contributed by atoms with Crippen LogP contribution in [0.3, 0.4) is 0 Å². The van der Waals surface area contributed by atoms with Crippen molar-refractivity contribution in [1.82, 2.24) is 5.48 Å². The molecule has 1 amide bonds. The van der Waals surface area contributed by atoms with E-state index in [0.717, 1.165) is 5.56 Å². The first-order valence-electron chi connectivity index (χ1n) is 3.82. The Morgan fingerprint density at radius 3 is 2.92 bits per heavy atom. The molecule has 0 saturated carbocycles. The molecule has 72 valence electrons. The number of thiophene rings is 1. The molecular weight excluding hydrogens is 210 g/mol. The second kappa shape index (κ2) is 4.60. The molecular formula is C8H10ClNO2S. The minimum absolute atomic E-state index is 0.286. The van der Waals surface area contributed by atoms with Crippen LogP contribution in [0.1, 0.15) is 22.8 Å². The van der Waals surface area contributed by atoms with Gasteiger partial charge in [-0.15, -0.1) is 11.3 Å². The third-order valence-electron chi connectivity index (χ3n) is 1.47. The van der Waals surface area contributed by atoms with Crippen LogP contribution in [-0.4, -0.2) is 12.5 Å². The maximum Gasteiger partial charge on any atom is 0.277 e. The molecule has 0 radical (unpaired) electrons. The van der Waals surface area contributed by atoms with Gasteiger partial charge in [0.25, 0.3) is 5.91 Å². The summed E-state index contributed by atoms with van der Waals surface area (Å²) < 4.78 is 0.495. The molecule has 0 spiro atoms. The molecule has 0 bridgehead atoms. The lowest BCUT2D eigenvalue weighted by atomic mass is 10.2. The molecule has 0 fully saturated rings. The van der Waals surface area contributed by atoms with E-state index in [4.69, 9.17) is 16.4 Å². The lowest BCUT2D eigenvalue weighted by molar-refractivity contribution is 0.0364. The van der Waals surface area contributed by atoms with Gasteiger partial charge in [0.15, 0.2) is 0 Å². The maximum atomic E-state index is 11.4. The largest absolute Gasteiger partial charge is 0.277 e. The third-order valence-corrected chi connectivity index (χ3v) is 2.81. The number of halogens is 1. The highest BCUT2D eigenvalue weighted by Gasteiger charge is 2.14. The molecule has 3 nitrogen and oxygen atoms in total. The van der Waals surface area contributed by atoms with Gasteiger partial charge in [-0.1, -0.05) is 11.6 Å². The molecule has 0 atom stereocenters. The minimum Gasteiger partial charge on any atom is -0.274 e. The van der Waals surface area contributed by atoms with Crippen LogP contribution in [0.5, 0.6) is 0 Å². The van der Waals surface area contributed by atoms with E-state index in [1.54, 1.807) is 6.92 Å². The van der Waals surface area contributed by atoms with Gasteiger partial charge in [0, 0.05) is 0 Å². The fourth-order valence-electron chi connectivity index (χ4n) is 0.870. The van der Waals surface area contributed by atoms with Crippen molar-refractivity contribution < 1.29 is 9.63 Å². The fraction of sp³-hybridized carbons (Fsp3) is 0.375. The SMILES string of the molecule is CCONC(=O)c1c(C)csc1Cl. The van der Waals surface area contributed by atoms with Gasteiger partial charge >= 0.3 is 0 Å². The Labute approximate surface area is 85.6 Å². The molecule has 0 aliphatic rings. The van der Waals surface area contributed by atoms with Gasteiger partial charge in [-0.05, 0) is 24.8 Å². The summed E-state index contributed by atoms with van der Waals surface area (Å²) in [7, 11) is 0. The molecule has 0 unspecified atom stereocenters. The van der Waals surface area contributed by atoms with Crippen molar-refractivity contribution in [3.8, 4) is 0 Å². The molecule has 0 aliphatic carbocycles. The number of nitrogens with one attached hydrogen (secondary N) is 1. The van der Waals surface area contributed by atoms with Crippen LogP contribution in [0, 0.1) is 6.92 Å². The zero-order chi connectivity index (χ0) is 9.84. The summed E-state index contributed by atoms with van der Waals surface area (Å²) in [6.07, 6.45) is 0. The Bertz CT molecular complexity index is 292. The molecule has 0 saturated heterocycles. The van der Waals surface area contributed by atoms with Crippen molar-refractivity contribution in [2.75, 3.05) is 6.61 Å². The third kappa shape index (κ3) is 2.43. The number of amides is 1. The Morgan fingerprint density at radius 2 is 2.46 bits per heavy atom. The van der Waals surface area contributed by atoms with Crippen LogP contribution in [0.2, 0.25) is 4.34 Å². The summed E-state index contributed by atoms with van der Waals surface area (Å²) in [5.74, 6) is -0.286. The number of hydrogen-bond acceptors (Lipinski definition) is 3. The van der Waals surface area contributed by atoms with Gasteiger partial charge in [0.05, 0.1) is 12.2 Å². The van der Waals surface area contributed by atoms with E-state index >= 15 is 0 Å². The van der Waals surface area contributed by atoms with Crippen LogP contribution in [0.4, 0.5) is 0 Å². The van der Waals surface area contributed by atoms with E-state index in [9.17, 15) is 4.79 Å². The van der Waals surface area contributed by atoms with Crippen molar-refractivity contribution in [3.05, 3.63) is 20.8 Å². The first-order valence-corrected chi connectivity index (χ1v) is 5.08. The zero-order valence-electron chi connectivity index (χ0n) is 7.39. The zero-order valence-corrected chi connectivity index (χ0v) is 8.96. The van der Waals surface area contributed by atoms with Crippen molar-refractivity contribution >= 4 is 28.8 Å². The van der Waals surface area contributed by atoms with Gasteiger partial charge in [0.1, 0.15) is 4.34 Å². The van der Waals surface area contributed by atoms with Gasteiger partial charge in [-0.2, -0.15) is 0 Å². The Hall–Kier alpha value is -0.580. The molecule has 1 aromatic rings. The van der Waals surface area contributed by atoms with Crippen molar-refractivity contribution in [1.29, 1.82) is 0 Å². The Balaban J connectivity index is 2.76. The predicted molar refractivity (Wildman–Crippen MR) is 53.2 cm³/mol. The summed E-state index contributed by atoms with van der Waals surface area (Å²) in [6, 6.07) is 0. The second-order valence-electron chi connectivity index (χ2n) is 2.43. The second-order valence-corrected chi connectivity index (χ2v) is 3.91. The van der Waals surface area contributed by atoms with Crippen LogP contribution in [-0.2, 0) is 4.84 Å². The van der Waals surface area contributed by atoms with E-state index in [2.05, 4.69) is 5.48 Å². The number of hydrogen-bond donors (Lipinski definition) is 1. The van der Waals surface area contributed by atoms with E-state index in [0.29, 0.717) is 16.5 Å². The Morgan fingerprint density at radius 1 is 1.77 bits per heavy atom. The molecule has 13 heavy (non-hydrogen) atoms. The number of carbonyl (C=O) groups is 1. The minimum atomic E-state index is -0.286. The summed E-state index contributed by atoms with van der Waals surface area (Å²) in [4.78, 5) is 16.2. The molecule has 1 N–H and O–H groups in total. The summed E-state index contributed by atoms with van der Waals surface area (Å²) in [6.45, 7) is 4.07. The molecule has 1 heterocycles. The standard InChI is InChI=1S/C8H10ClNO2S/c1-3-12-10-8(11)6-5(2)4-13-7(6)9/h4H,3H2,1-2H3,(H,10,11). The molecule has 1 rings (SSSR count). The monoisotopic (exact) mass is 219 g/mol. The van der Waals surface area contributed by atoms with Crippen LogP contribution in [0.25, 0.3) is 0 Å². The van der Waals surface area contributed by atoms with Crippen molar-refractivity contribution in [3.63, 3.8) is 0 Å². The van der Waals surface area contributed by atoms with Crippen LogP contribution < -0.4 is 5.48 Å². The smallest absolute Gasteiger partial charge is 0.274 e. The highest BCUT2D eigenvalue weighted by molar-refractivity contribution is 7.15. The van der Waals surface area contributed by atoms with Crippen molar-refractivity contribution in [2.45, 2.75) is 13.8 Å². The average molecular weight is 220 g/mol. The van der Waals surface area contributed by atoms with Gasteiger partial charge in [-0.25, -0.2) is 5.48 Å². The molecule has 0 aliphatic heterocycles. The molecule has 0 aromatic carbocycles. The van der Waals surface area contributed by atoms with E-state index in [-0.39, 0.29) is 5.91 Å². The number of rotatable bonds is 3. The summed E-state index contributed by atoms with van der Waals surface area (Å²) >= 11 is 7.16. The van der Waals surface area contributed by atoms with E-state index in [1.807, 2.05) is 12.3 Å². The Kier molecular flexibility index (Phi) is 3.71. The first-order chi connectivity index (χ1) is 6.16. The van der Waals surface area contributed by atoms with Gasteiger partial charge < -0.3 is 0 Å². The highest BCUT2D eigenvalue weighted by atomic mass is 35.5. The quantitative estimate of drug-likeness (QED) is 0.793. The highest BCUT2D eigenvalue weighted by Crippen LogP contribution is 2.26. The van der Waals surface area contributed by atoms with Crippen molar-refractivity contribution in [2.24, 2.45) is 0 Å². The van der Waals surface area contributed by atoms with Crippen LogP contribution in [0.15, 0.2) is 5.38 Å². The topological polar surface area (TPSA) is 38.3 Å². The first kappa shape index (κ1) is 10.5. The average Bonchev–Trinajstić information content (AvgIpc) is 2.42. The number of hydroxylamine groups is 1. The molecule has 5 heteroatoms. The predicted octanol–water partition coefficient (Wildman–Crippen LogP) is 2.39. The summed E-state index contributed by atoms with van der Waals surface area (Å²) in [5.41, 5.74) is 3.67. The fourth-order valence-corrected chi connectivity index (χ4v) is 2.01. The number of aryl methyl sites for hydroxylation is 1. The lowest BCUT2D eigenvalue weighted by Gasteiger charge is -2.03. The van der Waals surface area contributed by atoms with Crippen LogP contribution >= 0.6 is 22.9 Å². The lowest BCUT2D eigenvalue weighted by Crippen LogP contribution is -2.23. The normalized spacial score (nSPS) is 10.1. The van der Waals surface area contributed by atoms with E-state index in [1.165, 1.54) is 11.3 Å². The van der Waals surface area contributed by atoms with Gasteiger partial charge in [-0.3, -0.25) is 9.63 Å². The van der Waals surface area contributed by atoms with Gasteiger partial charge in [0.2, 0.25) is 0 Å². The maximum absolute atomic E-state index is 11.4.